The van der Waals surface area contributed by atoms with E-state index < -0.39 is 5.97 Å². The van der Waals surface area contributed by atoms with Crippen LogP contribution in [-0.4, -0.2) is 39.0 Å². The van der Waals surface area contributed by atoms with Gasteiger partial charge in [-0.15, -0.1) is 26.3 Å². The first kappa shape index (κ1) is 21.0. The molecule has 0 atom stereocenters. The van der Waals surface area contributed by atoms with Gasteiger partial charge in [-0.25, -0.2) is 0 Å². The molecule has 0 aliphatic carbocycles. The van der Waals surface area contributed by atoms with E-state index >= 15 is 0 Å². The van der Waals surface area contributed by atoms with Gasteiger partial charge in [0, 0.05) is 0 Å². The van der Waals surface area contributed by atoms with Crippen molar-refractivity contribution in [2.45, 2.75) is 5.97 Å². The molecular formula is C14H23AtO4. The molecule has 19 heavy (non-hydrogen) atoms. The molecule has 0 N–H and O–H groups in total. The molecule has 110 valence electrons. The Kier molecular flexibility index (Phi) is 15.6. The van der Waals surface area contributed by atoms with Gasteiger partial charge in [0.05, 0.1) is 26.4 Å². The van der Waals surface area contributed by atoms with Crippen LogP contribution in [0.15, 0.2) is 50.6 Å². The molecule has 0 saturated heterocycles. The summed E-state index contributed by atoms with van der Waals surface area (Å²) in [6.45, 7) is 15.7. The molecule has 0 rings (SSSR count). The van der Waals surface area contributed by atoms with Crippen molar-refractivity contribution in [3.05, 3.63) is 50.6 Å². The molecule has 5 heteroatoms. The average molecular weight is 465 g/mol. The minimum absolute atomic E-state index is 0. The molecule has 0 saturated carbocycles. The van der Waals surface area contributed by atoms with Crippen molar-refractivity contribution in [1.82, 2.24) is 0 Å². The number of hydrogen-bond donors (Lipinski definition) is 0. The number of hydrogen-bond acceptors (Lipinski definition) is 4. The Labute approximate surface area is 134 Å². The second-order valence-electron chi connectivity index (χ2n) is 3.29. The van der Waals surface area contributed by atoms with Crippen molar-refractivity contribution in [3.8, 4) is 0 Å². The van der Waals surface area contributed by atoms with Gasteiger partial charge in [0.15, 0.2) is 0 Å². The predicted octanol–water partition coefficient (Wildman–Crippen LogP) is 2.18. The fraction of sp³-hybridized carbons (Fsp3) is 0.429. The van der Waals surface area contributed by atoms with Gasteiger partial charge in [0.25, 0.3) is 0 Å². The fourth-order valence-electron chi connectivity index (χ4n) is 1.07. The van der Waals surface area contributed by atoms with E-state index in [1.165, 1.54) is 0 Å². The first-order valence-corrected chi connectivity index (χ1v) is 5.68. The van der Waals surface area contributed by atoms with E-state index in [1.54, 1.807) is 24.3 Å². The maximum atomic E-state index is 5.51. The molecule has 0 heterocycles. The topological polar surface area (TPSA) is 36.9 Å². The SMILES string of the molecule is C=CCOCC(OCC=C)(OCC=C)OCC=C.[AtH]. The number of ether oxygens (including phenoxy) is 4. The Morgan fingerprint density at radius 3 is 1.37 bits per heavy atom. The third-order valence-corrected chi connectivity index (χ3v) is 1.78. The monoisotopic (exact) mass is 465 g/mol. The fourth-order valence-corrected chi connectivity index (χ4v) is 1.07. The van der Waals surface area contributed by atoms with E-state index in [2.05, 4.69) is 26.3 Å². The Morgan fingerprint density at radius 2 is 1.05 bits per heavy atom. The van der Waals surface area contributed by atoms with E-state index in [0.717, 1.165) is 0 Å². The van der Waals surface area contributed by atoms with E-state index in [1.807, 2.05) is 0 Å². The van der Waals surface area contributed by atoms with Crippen LogP contribution in [0.4, 0.5) is 0 Å². The van der Waals surface area contributed by atoms with Crippen molar-refractivity contribution in [2.24, 2.45) is 0 Å². The van der Waals surface area contributed by atoms with Crippen molar-refractivity contribution in [2.75, 3.05) is 33.0 Å². The Balaban J connectivity index is 0. The molecule has 0 aliphatic rings. The Hall–Kier alpha value is -0.317. The van der Waals surface area contributed by atoms with E-state index in [0.29, 0.717) is 6.61 Å². The van der Waals surface area contributed by atoms with Crippen molar-refractivity contribution in [3.63, 3.8) is 0 Å². The average Bonchev–Trinajstić information content (AvgIpc) is 2.40. The van der Waals surface area contributed by atoms with Gasteiger partial charge in [-0.2, -0.15) is 0 Å². The van der Waals surface area contributed by atoms with E-state index in [-0.39, 0.29) is 52.6 Å². The molecule has 0 radical (unpaired) electrons. The molecule has 0 amide bonds. The van der Waals surface area contributed by atoms with Gasteiger partial charge in [0.1, 0.15) is 6.61 Å². The van der Waals surface area contributed by atoms with Gasteiger partial charge in [-0.3, -0.25) is 0 Å². The summed E-state index contributed by atoms with van der Waals surface area (Å²) in [5.74, 6) is -1.28. The van der Waals surface area contributed by atoms with Gasteiger partial charge < -0.3 is 18.9 Å². The van der Waals surface area contributed by atoms with Crippen LogP contribution in [0.25, 0.3) is 0 Å². The zero-order chi connectivity index (χ0) is 13.7. The number of rotatable bonds is 13. The third kappa shape index (κ3) is 10.2. The molecule has 0 aromatic rings. The third-order valence-electron chi connectivity index (χ3n) is 1.78. The second-order valence-corrected chi connectivity index (χ2v) is 3.29. The summed E-state index contributed by atoms with van der Waals surface area (Å²) in [6.07, 6.45) is 6.46. The first-order valence-electron chi connectivity index (χ1n) is 5.68. The molecule has 0 fully saturated rings. The molecule has 0 aromatic carbocycles. The van der Waals surface area contributed by atoms with Crippen LogP contribution >= 0.6 is 0 Å². The van der Waals surface area contributed by atoms with Crippen LogP contribution < -0.4 is 0 Å². The summed E-state index contributed by atoms with van der Waals surface area (Å²) in [6, 6.07) is 0. The van der Waals surface area contributed by atoms with Crippen LogP contribution in [-0.2, 0) is 18.9 Å². The predicted molar refractivity (Wildman–Crippen MR) is 73.6 cm³/mol. The summed E-state index contributed by atoms with van der Waals surface area (Å²) < 4.78 is 21.9. The van der Waals surface area contributed by atoms with Crippen LogP contribution in [0.1, 0.15) is 0 Å². The molecule has 0 aliphatic heterocycles. The normalized spacial score (nSPS) is 10.3. The molecule has 4 nitrogen and oxygen atoms in total. The quantitative estimate of drug-likeness (QED) is 0.238. The zero-order valence-corrected chi connectivity index (χ0v) is 14.4. The van der Waals surface area contributed by atoms with Gasteiger partial charge in [-0.05, 0) is 0 Å². The van der Waals surface area contributed by atoms with Crippen LogP contribution in [0.3, 0.4) is 0 Å². The molecular weight excluding hydrogens is 442 g/mol. The summed E-state index contributed by atoms with van der Waals surface area (Å²) in [7, 11) is 0. The molecule has 0 aromatic heterocycles. The van der Waals surface area contributed by atoms with Crippen molar-refractivity contribution >= 4 is 0 Å². The minimum atomic E-state index is -1.28. The van der Waals surface area contributed by atoms with Gasteiger partial charge in [-0.1, -0.05) is 24.3 Å². The standard InChI is InChI=1S/C14H22O4.AtH/c1-5-9-15-13-14(16-10-6-2,17-11-7-3)18-12-8-4;/h5-8H,1-4,9-13H2;1H. The summed E-state index contributed by atoms with van der Waals surface area (Å²) >= 11 is 0. The molecule has 0 spiro atoms. The van der Waals surface area contributed by atoms with Gasteiger partial charge >= 0.3 is 32.2 Å². The van der Waals surface area contributed by atoms with Gasteiger partial charge in [0.2, 0.25) is 0 Å². The summed E-state index contributed by atoms with van der Waals surface area (Å²) in [5, 5.41) is 0. The Morgan fingerprint density at radius 1 is 0.684 bits per heavy atom. The molecule has 0 bridgehead atoms. The molecule has 0 unspecified atom stereocenters. The van der Waals surface area contributed by atoms with Crippen LogP contribution in [0.5, 0.6) is 0 Å². The van der Waals surface area contributed by atoms with Crippen molar-refractivity contribution < 1.29 is 45.2 Å². The summed E-state index contributed by atoms with van der Waals surface area (Å²) in [5.41, 5.74) is 0. The Bertz CT molecular complexity index is 235. The zero-order valence-electron chi connectivity index (χ0n) is 11.2. The van der Waals surface area contributed by atoms with Crippen molar-refractivity contribution in [1.29, 1.82) is 0 Å². The van der Waals surface area contributed by atoms with Crippen LogP contribution in [0, 0.1) is 26.2 Å². The summed E-state index contributed by atoms with van der Waals surface area (Å²) in [4.78, 5) is 0. The van der Waals surface area contributed by atoms with Crippen LogP contribution in [0.2, 0.25) is 0 Å². The maximum absolute atomic E-state index is 5.51. The second kappa shape index (κ2) is 14.1. The van der Waals surface area contributed by atoms with E-state index in [4.69, 9.17) is 18.9 Å². The van der Waals surface area contributed by atoms with E-state index in [9.17, 15) is 0 Å². The first-order chi connectivity index (χ1) is 8.74.